The highest BCUT2D eigenvalue weighted by atomic mass is 16.6. The van der Waals surface area contributed by atoms with Crippen LogP contribution in [0.25, 0.3) is 0 Å². The van der Waals surface area contributed by atoms with Gasteiger partial charge in [0, 0.05) is 19.3 Å². The van der Waals surface area contributed by atoms with Crippen LogP contribution in [0.2, 0.25) is 0 Å². The molecule has 1 atom stereocenters. The van der Waals surface area contributed by atoms with Crippen LogP contribution in [0.5, 0.6) is 0 Å². The van der Waals surface area contributed by atoms with E-state index < -0.39 is 6.10 Å². The molecule has 0 aliphatic heterocycles. The average molecular weight is 877 g/mol. The molecule has 0 rings (SSSR count). The highest BCUT2D eigenvalue weighted by molar-refractivity contribution is 5.71. The Morgan fingerprint density at radius 2 is 0.435 bits per heavy atom. The summed E-state index contributed by atoms with van der Waals surface area (Å²) < 4.78 is 16.8. The monoisotopic (exact) mass is 877 g/mol. The molecule has 6 nitrogen and oxygen atoms in total. The quantitative estimate of drug-likeness (QED) is 0.0344. The fourth-order valence-corrected chi connectivity index (χ4v) is 8.62. The molecule has 0 saturated carbocycles. The minimum atomic E-state index is -0.760. The van der Waals surface area contributed by atoms with Crippen molar-refractivity contribution in [3.05, 3.63) is 0 Å². The van der Waals surface area contributed by atoms with Gasteiger partial charge in [-0.25, -0.2) is 0 Å². The Kier molecular flexibility index (Phi) is 50.7. The number of rotatable bonds is 52. The van der Waals surface area contributed by atoms with Crippen molar-refractivity contribution in [2.24, 2.45) is 0 Å². The van der Waals surface area contributed by atoms with Crippen LogP contribution >= 0.6 is 0 Å². The van der Waals surface area contributed by atoms with Crippen molar-refractivity contribution in [3.63, 3.8) is 0 Å². The molecule has 0 radical (unpaired) electrons. The fraction of sp³-hybridized carbons (Fsp3) is 0.946. The van der Waals surface area contributed by atoms with Gasteiger partial charge in [0.05, 0.1) is 0 Å². The minimum absolute atomic E-state index is 0.0614. The van der Waals surface area contributed by atoms with Gasteiger partial charge in [0.25, 0.3) is 0 Å². The van der Waals surface area contributed by atoms with Gasteiger partial charge < -0.3 is 14.2 Å². The molecule has 0 fully saturated rings. The number of carbonyl (C=O) groups excluding carboxylic acids is 3. The van der Waals surface area contributed by atoms with Crippen LogP contribution in [0.15, 0.2) is 0 Å². The Labute approximate surface area is 387 Å². The van der Waals surface area contributed by atoms with E-state index in [1.807, 2.05) is 0 Å². The number of hydrogen-bond acceptors (Lipinski definition) is 6. The lowest BCUT2D eigenvalue weighted by atomic mass is 10.0. The first kappa shape index (κ1) is 60.4. The van der Waals surface area contributed by atoms with Crippen LogP contribution in [0.1, 0.15) is 323 Å². The molecule has 0 heterocycles. The molecule has 0 aromatic rings. The predicted octanol–water partition coefficient (Wildman–Crippen LogP) is 18.4. The number of hydrogen-bond donors (Lipinski definition) is 0. The predicted molar refractivity (Wildman–Crippen MR) is 266 cm³/mol. The van der Waals surface area contributed by atoms with Crippen molar-refractivity contribution in [2.75, 3.05) is 13.2 Å². The van der Waals surface area contributed by atoms with Crippen LogP contribution in [0.4, 0.5) is 0 Å². The largest absolute Gasteiger partial charge is 0.462 e. The topological polar surface area (TPSA) is 78.9 Å². The summed E-state index contributed by atoms with van der Waals surface area (Å²) >= 11 is 0. The average Bonchev–Trinajstić information content (AvgIpc) is 3.27. The van der Waals surface area contributed by atoms with E-state index in [0.29, 0.717) is 19.3 Å². The molecule has 0 saturated heterocycles. The fourth-order valence-electron chi connectivity index (χ4n) is 8.62. The lowest BCUT2D eigenvalue weighted by molar-refractivity contribution is -0.167. The van der Waals surface area contributed by atoms with E-state index in [2.05, 4.69) is 20.8 Å². The summed E-state index contributed by atoms with van der Waals surface area (Å²) in [6.07, 6.45) is 56.7. The lowest BCUT2D eigenvalue weighted by Crippen LogP contribution is -2.30. The van der Waals surface area contributed by atoms with Gasteiger partial charge in [0.1, 0.15) is 13.2 Å². The number of esters is 3. The summed E-state index contributed by atoms with van der Waals surface area (Å²) in [5, 5.41) is 0. The summed E-state index contributed by atoms with van der Waals surface area (Å²) in [6, 6.07) is 0. The molecule has 0 bridgehead atoms. The van der Waals surface area contributed by atoms with E-state index in [9.17, 15) is 14.4 Å². The van der Waals surface area contributed by atoms with Crippen molar-refractivity contribution in [3.8, 4) is 0 Å². The number of ether oxygens (including phenoxy) is 3. The van der Waals surface area contributed by atoms with Crippen molar-refractivity contribution in [2.45, 2.75) is 329 Å². The van der Waals surface area contributed by atoms with Crippen molar-refractivity contribution >= 4 is 17.9 Å². The zero-order chi connectivity index (χ0) is 45.1. The SMILES string of the molecule is CCCCCCCCCCCCCCCCCCCCCC(=O)OCC(COC(=O)CCCCCCCCCCCC)OC(=O)CCCCCCCCCCCCCCCCC. The second-order valence-electron chi connectivity index (χ2n) is 19.2. The third-order valence-corrected chi connectivity index (χ3v) is 12.9. The third-order valence-electron chi connectivity index (χ3n) is 12.9. The van der Waals surface area contributed by atoms with Gasteiger partial charge in [-0.2, -0.15) is 0 Å². The molecule has 0 spiro atoms. The van der Waals surface area contributed by atoms with Crippen LogP contribution in [-0.2, 0) is 28.6 Å². The highest BCUT2D eigenvalue weighted by Crippen LogP contribution is 2.17. The van der Waals surface area contributed by atoms with E-state index in [4.69, 9.17) is 14.2 Å². The summed E-state index contributed by atoms with van der Waals surface area (Å²) in [5.41, 5.74) is 0. The molecule has 1 unspecified atom stereocenters. The molecular formula is C56H108O6. The summed E-state index contributed by atoms with van der Waals surface area (Å²) in [7, 11) is 0. The van der Waals surface area contributed by atoms with Gasteiger partial charge in [-0.1, -0.05) is 284 Å². The minimum Gasteiger partial charge on any atom is -0.462 e. The smallest absolute Gasteiger partial charge is 0.306 e. The molecule has 0 amide bonds. The Hall–Kier alpha value is -1.59. The maximum Gasteiger partial charge on any atom is 0.306 e. The van der Waals surface area contributed by atoms with Crippen LogP contribution in [-0.4, -0.2) is 37.2 Å². The molecule has 0 aliphatic carbocycles. The molecule has 0 aromatic carbocycles. The standard InChI is InChI=1S/C56H108O6/c1-4-7-10-13-16-19-22-24-26-27-28-29-31-32-34-37-40-43-46-49-55(58)61-52-53(51-60-54(57)48-45-42-39-36-21-18-15-12-9-6-3)62-56(59)50-47-44-41-38-35-33-30-25-23-20-17-14-11-8-5-2/h53H,4-52H2,1-3H3. The van der Waals surface area contributed by atoms with E-state index in [1.165, 1.54) is 225 Å². The Morgan fingerprint density at radius 3 is 0.645 bits per heavy atom. The van der Waals surface area contributed by atoms with Gasteiger partial charge in [-0.05, 0) is 19.3 Å². The maximum atomic E-state index is 12.8. The molecule has 62 heavy (non-hydrogen) atoms. The lowest BCUT2D eigenvalue weighted by Gasteiger charge is -2.18. The van der Waals surface area contributed by atoms with Crippen molar-refractivity contribution in [1.82, 2.24) is 0 Å². The third kappa shape index (κ3) is 49.4. The Balaban J connectivity index is 4.22. The first-order valence-corrected chi connectivity index (χ1v) is 28.0. The van der Waals surface area contributed by atoms with Gasteiger partial charge >= 0.3 is 17.9 Å². The van der Waals surface area contributed by atoms with Crippen molar-refractivity contribution < 1.29 is 28.6 Å². The van der Waals surface area contributed by atoms with E-state index in [1.54, 1.807) is 0 Å². The Bertz CT molecular complexity index is 920. The summed E-state index contributed by atoms with van der Waals surface area (Å²) in [4.78, 5) is 38.0. The van der Waals surface area contributed by atoms with Gasteiger partial charge in [-0.3, -0.25) is 14.4 Å². The highest BCUT2D eigenvalue weighted by Gasteiger charge is 2.19. The second-order valence-corrected chi connectivity index (χ2v) is 19.2. The van der Waals surface area contributed by atoms with Crippen LogP contribution in [0, 0.1) is 0 Å². The molecule has 0 aliphatic rings. The van der Waals surface area contributed by atoms with Crippen LogP contribution < -0.4 is 0 Å². The summed E-state index contributed by atoms with van der Waals surface area (Å²) in [6.45, 7) is 6.69. The van der Waals surface area contributed by atoms with E-state index in [0.717, 1.165) is 57.8 Å². The van der Waals surface area contributed by atoms with E-state index in [-0.39, 0.29) is 31.1 Å². The normalized spacial score (nSPS) is 11.9. The number of carbonyl (C=O) groups is 3. The maximum absolute atomic E-state index is 12.8. The molecular weight excluding hydrogens is 769 g/mol. The van der Waals surface area contributed by atoms with Crippen molar-refractivity contribution in [1.29, 1.82) is 0 Å². The molecule has 6 heteroatoms. The number of unbranched alkanes of at least 4 members (excludes halogenated alkanes) is 41. The van der Waals surface area contributed by atoms with E-state index >= 15 is 0 Å². The van der Waals surface area contributed by atoms with Crippen LogP contribution in [0.3, 0.4) is 0 Å². The second kappa shape index (κ2) is 52.0. The molecule has 0 aromatic heterocycles. The van der Waals surface area contributed by atoms with Gasteiger partial charge in [0.15, 0.2) is 6.10 Å². The first-order valence-electron chi connectivity index (χ1n) is 28.0. The summed E-state index contributed by atoms with van der Waals surface area (Å²) in [5.74, 6) is -0.837. The first-order chi connectivity index (χ1) is 30.5. The zero-order valence-corrected chi connectivity index (χ0v) is 42.2. The molecule has 0 N–H and O–H groups in total. The van der Waals surface area contributed by atoms with Gasteiger partial charge in [0.2, 0.25) is 0 Å². The Morgan fingerprint density at radius 1 is 0.258 bits per heavy atom. The molecule has 368 valence electrons. The van der Waals surface area contributed by atoms with Gasteiger partial charge in [-0.15, -0.1) is 0 Å². The zero-order valence-electron chi connectivity index (χ0n) is 42.2.